The van der Waals surface area contributed by atoms with Crippen LogP contribution in [-0.4, -0.2) is 30.9 Å². The molecule has 0 spiro atoms. The number of amides is 1. The lowest BCUT2D eigenvalue weighted by Crippen LogP contribution is -2.34. The smallest absolute Gasteiger partial charge is 0.222 e. The van der Waals surface area contributed by atoms with E-state index in [1.165, 1.54) is 12.8 Å². The van der Waals surface area contributed by atoms with Crippen molar-refractivity contribution in [2.75, 3.05) is 20.1 Å². The summed E-state index contributed by atoms with van der Waals surface area (Å²) in [5.41, 5.74) is 0.961. The minimum absolute atomic E-state index is 0. The molecule has 1 aromatic carbocycles. The second-order valence-corrected chi connectivity index (χ2v) is 7.17. The molecular weight excluding hydrogens is 355 g/mol. The lowest BCUT2D eigenvalue weighted by Gasteiger charge is -2.29. The minimum atomic E-state index is 0. The summed E-state index contributed by atoms with van der Waals surface area (Å²) in [7, 11) is 1.84. The molecule has 1 amide bonds. The van der Waals surface area contributed by atoms with Gasteiger partial charge in [-0.1, -0.05) is 30.1 Å². The van der Waals surface area contributed by atoms with Gasteiger partial charge in [0.1, 0.15) is 0 Å². The molecule has 1 atom stereocenters. The summed E-state index contributed by atoms with van der Waals surface area (Å²) >= 11 is 12.0. The minimum Gasteiger partial charge on any atom is -0.341 e. The van der Waals surface area contributed by atoms with Crippen molar-refractivity contribution in [1.82, 2.24) is 10.2 Å². The summed E-state index contributed by atoms with van der Waals surface area (Å²) in [6.45, 7) is 4.87. The molecule has 1 heterocycles. The van der Waals surface area contributed by atoms with Gasteiger partial charge in [-0.2, -0.15) is 0 Å². The summed E-state index contributed by atoms with van der Waals surface area (Å²) in [6, 6.07) is 5.41. The zero-order chi connectivity index (χ0) is 16.1. The fourth-order valence-corrected chi connectivity index (χ4v) is 3.65. The molecule has 0 aromatic heterocycles. The molecular formula is C17H25Cl3N2O. The van der Waals surface area contributed by atoms with Gasteiger partial charge in [-0.3, -0.25) is 4.79 Å². The number of benzene rings is 1. The van der Waals surface area contributed by atoms with Crippen LogP contribution in [0, 0.1) is 11.8 Å². The molecule has 1 aliphatic heterocycles. The van der Waals surface area contributed by atoms with E-state index in [1.54, 1.807) is 11.0 Å². The molecule has 130 valence electrons. The highest BCUT2D eigenvalue weighted by Crippen LogP contribution is 2.25. The SMILES string of the molecule is CC(CC(=O)N(C)Cc1cc(Cl)cc(Cl)c1)C1CCNCC1.Cl. The van der Waals surface area contributed by atoms with Crippen LogP contribution in [0.4, 0.5) is 0 Å². The summed E-state index contributed by atoms with van der Waals surface area (Å²) in [6.07, 6.45) is 2.94. The third-order valence-corrected chi connectivity index (χ3v) is 4.89. The van der Waals surface area contributed by atoms with Crippen molar-refractivity contribution in [1.29, 1.82) is 0 Å². The van der Waals surface area contributed by atoms with E-state index in [4.69, 9.17) is 23.2 Å². The number of hydrogen-bond donors (Lipinski definition) is 1. The zero-order valence-electron chi connectivity index (χ0n) is 13.6. The molecule has 0 radical (unpaired) electrons. The molecule has 0 saturated carbocycles. The lowest BCUT2D eigenvalue weighted by molar-refractivity contribution is -0.131. The summed E-state index contributed by atoms with van der Waals surface area (Å²) in [4.78, 5) is 14.2. The Bertz CT molecular complexity index is 498. The van der Waals surface area contributed by atoms with Crippen LogP contribution in [0.3, 0.4) is 0 Å². The third kappa shape index (κ3) is 6.50. The fourth-order valence-electron chi connectivity index (χ4n) is 3.08. The van der Waals surface area contributed by atoms with Crippen LogP contribution in [0.1, 0.15) is 31.7 Å². The lowest BCUT2D eigenvalue weighted by atomic mass is 9.84. The number of carbonyl (C=O) groups excluding carboxylic acids is 1. The Morgan fingerprint density at radius 2 is 1.83 bits per heavy atom. The van der Waals surface area contributed by atoms with Gasteiger partial charge < -0.3 is 10.2 Å². The Morgan fingerprint density at radius 3 is 2.39 bits per heavy atom. The van der Waals surface area contributed by atoms with Crippen molar-refractivity contribution < 1.29 is 4.79 Å². The molecule has 0 bridgehead atoms. The van der Waals surface area contributed by atoms with Crippen LogP contribution in [0.25, 0.3) is 0 Å². The molecule has 23 heavy (non-hydrogen) atoms. The molecule has 3 nitrogen and oxygen atoms in total. The molecule has 2 rings (SSSR count). The number of halogens is 3. The largest absolute Gasteiger partial charge is 0.341 e. The van der Waals surface area contributed by atoms with E-state index in [1.807, 2.05) is 19.2 Å². The second kappa shape index (κ2) is 9.73. The van der Waals surface area contributed by atoms with Crippen molar-refractivity contribution in [2.45, 2.75) is 32.7 Å². The molecule has 1 fully saturated rings. The van der Waals surface area contributed by atoms with Crippen molar-refractivity contribution in [3.05, 3.63) is 33.8 Å². The molecule has 0 aliphatic carbocycles. The second-order valence-electron chi connectivity index (χ2n) is 6.30. The molecule has 1 saturated heterocycles. The molecule has 1 unspecified atom stereocenters. The Hall–Kier alpha value is -0.480. The summed E-state index contributed by atoms with van der Waals surface area (Å²) in [5.74, 6) is 1.27. The van der Waals surface area contributed by atoms with Gasteiger partial charge in [-0.05, 0) is 61.5 Å². The predicted molar refractivity (Wildman–Crippen MR) is 99.6 cm³/mol. The third-order valence-electron chi connectivity index (χ3n) is 4.45. The van der Waals surface area contributed by atoms with Gasteiger partial charge in [0.05, 0.1) is 0 Å². The number of rotatable bonds is 5. The first-order valence-corrected chi connectivity index (χ1v) is 8.61. The van der Waals surface area contributed by atoms with Crippen LogP contribution < -0.4 is 5.32 Å². The highest BCUT2D eigenvalue weighted by atomic mass is 35.5. The van der Waals surface area contributed by atoms with E-state index in [9.17, 15) is 4.79 Å². The first-order chi connectivity index (χ1) is 10.5. The van der Waals surface area contributed by atoms with E-state index < -0.39 is 0 Å². The zero-order valence-corrected chi connectivity index (χ0v) is 16.0. The Morgan fingerprint density at radius 1 is 1.26 bits per heavy atom. The van der Waals surface area contributed by atoms with Crippen LogP contribution >= 0.6 is 35.6 Å². The predicted octanol–water partition coefficient (Wildman–Crippen LogP) is 4.40. The van der Waals surface area contributed by atoms with Crippen LogP contribution in [0.2, 0.25) is 10.0 Å². The Kier molecular flexibility index (Phi) is 8.70. The molecule has 1 aromatic rings. The summed E-state index contributed by atoms with van der Waals surface area (Å²) in [5, 5.41) is 4.57. The Balaban J connectivity index is 0.00000264. The monoisotopic (exact) mass is 378 g/mol. The molecule has 1 N–H and O–H groups in total. The van der Waals surface area contributed by atoms with Gasteiger partial charge in [0.25, 0.3) is 0 Å². The maximum absolute atomic E-state index is 12.4. The number of piperidine rings is 1. The van der Waals surface area contributed by atoms with Crippen molar-refractivity contribution in [3.63, 3.8) is 0 Å². The number of hydrogen-bond acceptors (Lipinski definition) is 2. The van der Waals surface area contributed by atoms with Crippen molar-refractivity contribution >= 4 is 41.5 Å². The van der Waals surface area contributed by atoms with E-state index in [-0.39, 0.29) is 18.3 Å². The standard InChI is InChI=1S/C17H24Cl2N2O.ClH/c1-12(14-3-5-20-6-4-14)7-17(22)21(2)11-13-8-15(18)10-16(19)9-13;/h8-10,12,14,20H,3-7,11H2,1-2H3;1H. The van der Waals surface area contributed by atoms with E-state index in [0.717, 1.165) is 18.7 Å². The number of nitrogens with one attached hydrogen (secondary N) is 1. The topological polar surface area (TPSA) is 32.3 Å². The van der Waals surface area contributed by atoms with Crippen molar-refractivity contribution in [2.24, 2.45) is 11.8 Å². The highest BCUT2D eigenvalue weighted by molar-refractivity contribution is 6.34. The normalized spacial score (nSPS) is 16.5. The number of nitrogens with zero attached hydrogens (tertiary/aromatic N) is 1. The van der Waals surface area contributed by atoms with E-state index >= 15 is 0 Å². The van der Waals surface area contributed by atoms with Gasteiger partial charge in [0.2, 0.25) is 5.91 Å². The van der Waals surface area contributed by atoms with Gasteiger partial charge in [-0.25, -0.2) is 0 Å². The first-order valence-electron chi connectivity index (χ1n) is 7.85. The maximum Gasteiger partial charge on any atom is 0.222 e. The average molecular weight is 380 g/mol. The maximum atomic E-state index is 12.4. The van der Waals surface area contributed by atoms with Crippen LogP contribution in [0.5, 0.6) is 0 Å². The van der Waals surface area contributed by atoms with Gasteiger partial charge >= 0.3 is 0 Å². The van der Waals surface area contributed by atoms with Gasteiger partial charge in [-0.15, -0.1) is 12.4 Å². The number of carbonyl (C=O) groups is 1. The Labute approximate surface area is 155 Å². The highest BCUT2D eigenvalue weighted by Gasteiger charge is 2.23. The van der Waals surface area contributed by atoms with Crippen LogP contribution in [0.15, 0.2) is 18.2 Å². The molecule has 1 aliphatic rings. The van der Waals surface area contributed by atoms with E-state index in [0.29, 0.717) is 34.8 Å². The average Bonchev–Trinajstić information content (AvgIpc) is 2.46. The van der Waals surface area contributed by atoms with Crippen LogP contribution in [-0.2, 0) is 11.3 Å². The van der Waals surface area contributed by atoms with Crippen molar-refractivity contribution in [3.8, 4) is 0 Å². The quantitative estimate of drug-likeness (QED) is 0.822. The fraction of sp³-hybridized carbons (Fsp3) is 0.588. The van der Waals surface area contributed by atoms with Gasteiger partial charge in [0, 0.05) is 30.1 Å². The molecule has 6 heteroatoms. The van der Waals surface area contributed by atoms with Gasteiger partial charge in [0.15, 0.2) is 0 Å². The summed E-state index contributed by atoms with van der Waals surface area (Å²) < 4.78 is 0. The first kappa shape index (κ1) is 20.6. The van der Waals surface area contributed by atoms with E-state index in [2.05, 4.69) is 12.2 Å².